The van der Waals surface area contributed by atoms with Gasteiger partial charge in [-0.3, -0.25) is 0 Å². The van der Waals surface area contributed by atoms with Gasteiger partial charge >= 0.3 is 0 Å². The molecule has 0 bridgehead atoms. The topological polar surface area (TPSA) is 50.9 Å². The SMILES string of the molecule is Cn1c(CO)cnc1SCc1sncc1Br. The van der Waals surface area contributed by atoms with Crippen LogP contribution in [-0.2, 0) is 19.4 Å². The van der Waals surface area contributed by atoms with Gasteiger partial charge in [0, 0.05) is 17.7 Å². The van der Waals surface area contributed by atoms with Crippen LogP contribution in [-0.4, -0.2) is 19.0 Å². The molecule has 0 aliphatic carbocycles. The third-order valence-electron chi connectivity index (χ3n) is 2.13. The Labute approximate surface area is 110 Å². The number of rotatable bonds is 4. The molecule has 0 aliphatic rings. The Morgan fingerprint density at radius 3 is 2.94 bits per heavy atom. The molecule has 2 aromatic heterocycles. The van der Waals surface area contributed by atoms with Crippen molar-refractivity contribution in [1.29, 1.82) is 0 Å². The number of hydrogen-bond donors (Lipinski definition) is 1. The number of aromatic nitrogens is 3. The van der Waals surface area contributed by atoms with Gasteiger partial charge in [0.1, 0.15) is 0 Å². The quantitative estimate of drug-likeness (QED) is 0.879. The Balaban J connectivity index is 2.05. The summed E-state index contributed by atoms with van der Waals surface area (Å²) >= 11 is 6.56. The Bertz CT molecular complexity index is 483. The van der Waals surface area contributed by atoms with E-state index in [0.717, 1.165) is 21.1 Å². The molecule has 0 atom stereocenters. The van der Waals surface area contributed by atoms with Gasteiger partial charge in [-0.05, 0) is 27.5 Å². The highest BCUT2D eigenvalue weighted by atomic mass is 79.9. The molecule has 0 spiro atoms. The fourth-order valence-corrected chi connectivity index (χ4v) is 3.63. The zero-order valence-corrected chi connectivity index (χ0v) is 11.8. The second-order valence-electron chi connectivity index (χ2n) is 3.13. The van der Waals surface area contributed by atoms with E-state index < -0.39 is 0 Å². The van der Waals surface area contributed by atoms with Crippen LogP contribution in [0.3, 0.4) is 0 Å². The van der Waals surface area contributed by atoms with Crippen molar-refractivity contribution in [3.63, 3.8) is 0 Å². The molecule has 0 fully saturated rings. The van der Waals surface area contributed by atoms with Crippen molar-refractivity contribution in [3.05, 3.63) is 27.4 Å². The maximum Gasteiger partial charge on any atom is 0.168 e. The van der Waals surface area contributed by atoms with Crippen molar-refractivity contribution in [2.45, 2.75) is 17.5 Å². The van der Waals surface area contributed by atoms with Crippen molar-refractivity contribution in [2.75, 3.05) is 0 Å². The summed E-state index contributed by atoms with van der Waals surface area (Å²) in [7, 11) is 1.91. The van der Waals surface area contributed by atoms with Crippen LogP contribution in [0.1, 0.15) is 10.6 Å². The summed E-state index contributed by atoms with van der Waals surface area (Å²) in [5, 5.41) is 9.95. The summed E-state index contributed by atoms with van der Waals surface area (Å²) < 4.78 is 7.04. The monoisotopic (exact) mass is 319 g/mol. The molecule has 0 unspecified atom stereocenters. The summed E-state index contributed by atoms with van der Waals surface area (Å²) in [6, 6.07) is 0. The minimum absolute atomic E-state index is 0.0221. The van der Waals surface area contributed by atoms with Crippen LogP contribution in [0.25, 0.3) is 0 Å². The molecule has 4 nitrogen and oxygen atoms in total. The lowest BCUT2D eigenvalue weighted by Gasteiger charge is -2.02. The highest BCUT2D eigenvalue weighted by Gasteiger charge is 2.08. The Hall–Kier alpha value is -0.370. The highest BCUT2D eigenvalue weighted by molar-refractivity contribution is 9.10. The Kier molecular flexibility index (Phi) is 4.01. The van der Waals surface area contributed by atoms with E-state index in [1.54, 1.807) is 24.2 Å². The smallest absolute Gasteiger partial charge is 0.168 e. The van der Waals surface area contributed by atoms with Crippen LogP contribution in [0.2, 0.25) is 0 Å². The number of nitrogens with zero attached hydrogens (tertiary/aromatic N) is 3. The summed E-state index contributed by atoms with van der Waals surface area (Å²) in [6.07, 6.45) is 3.50. The number of halogens is 1. The standard InChI is InChI=1S/C9H10BrN3OS2/c1-13-6(4-14)2-11-9(13)15-5-8-7(10)3-12-16-8/h2-3,14H,4-5H2,1H3. The van der Waals surface area contributed by atoms with Crippen LogP contribution in [0, 0.1) is 0 Å². The van der Waals surface area contributed by atoms with Crippen LogP contribution >= 0.6 is 39.2 Å². The molecule has 0 saturated heterocycles. The molecule has 2 aromatic rings. The Morgan fingerprint density at radius 2 is 2.38 bits per heavy atom. The third kappa shape index (κ3) is 2.48. The molecule has 0 aliphatic heterocycles. The van der Waals surface area contributed by atoms with E-state index in [1.165, 1.54) is 16.4 Å². The van der Waals surface area contributed by atoms with Crippen LogP contribution in [0.5, 0.6) is 0 Å². The minimum Gasteiger partial charge on any atom is -0.390 e. The number of aliphatic hydroxyl groups excluding tert-OH is 1. The lowest BCUT2D eigenvalue weighted by Crippen LogP contribution is -1.97. The van der Waals surface area contributed by atoms with Gasteiger partial charge in [0.2, 0.25) is 0 Å². The van der Waals surface area contributed by atoms with E-state index in [1.807, 2.05) is 11.6 Å². The van der Waals surface area contributed by atoms with Crippen molar-refractivity contribution in [1.82, 2.24) is 13.9 Å². The van der Waals surface area contributed by atoms with Gasteiger partial charge in [-0.25, -0.2) is 4.98 Å². The number of imidazole rings is 1. The van der Waals surface area contributed by atoms with Gasteiger partial charge in [0.25, 0.3) is 0 Å². The molecule has 2 rings (SSSR count). The van der Waals surface area contributed by atoms with Gasteiger partial charge in [-0.15, -0.1) is 0 Å². The fraction of sp³-hybridized carbons (Fsp3) is 0.333. The number of aliphatic hydroxyl groups is 1. The molecule has 2 heterocycles. The highest BCUT2D eigenvalue weighted by Crippen LogP contribution is 2.28. The normalized spacial score (nSPS) is 10.9. The summed E-state index contributed by atoms with van der Waals surface area (Å²) in [5.41, 5.74) is 0.825. The average Bonchev–Trinajstić information content (AvgIpc) is 2.83. The molecule has 7 heteroatoms. The maximum absolute atomic E-state index is 9.04. The van der Waals surface area contributed by atoms with E-state index in [4.69, 9.17) is 5.11 Å². The summed E-state index contributed by atoms with van der Waals surface area (Å²) in [4.78, 5) is 5.44. The largest absolute Gasteiger partial charge is 0.390 e. The molecule has 1 N–H and O–H groups in total. The molecule has 0 amide bonds. The molecule has 0 radical (unpaired) electrons. The van der Waals surface area contributed by atoms with Gasteiger partial charge in [0.15, 0.2) is 5.16 Å². The van der Waals surface area contributed by atoms with Gasteiger partial charge in [0.05, 0.1) is 29.2 Å². The molecular formula is C9H10BrN3OS2. The third-order valence-corrected chi connectivity index (χ3v) is 5.13. The summed E-state index contributed by atoms with van der Waals surface area (Å²) in [5.74, 6) is 0.834. The van der Waals surface area contributed by atoms with E-state index in [0.29, 0.717) is 0 Å². The van der Waals surface area contributed by atoms with Gasteiger partial charge < -0.3 is 9.67 Å². The van der Waals surface area contributed by atoms with Crippen LogP contribution in [0.4, 0.5) is 0 Å². The van der Waals surface area contributed by atoms with Gasteiger partial charge in [-0.2, -0.15) is 4.37 Å². The predicted octanol–water partition coefficient (Wildman–Crippen LogP) is 2.42. The van der Waals surface area contributed by atoms with Crippen molar-refractivity contribution in [2.24, 2.45) is 7.05 Å². The second-order valence-corrected chi connectivity index (χ2v) is 5.82. The second kappa shape index (κ2) is 5.31. The molecular weight excluding hydrogens is 310 g/mol. The average molecular weight is 320 g/mol. The molecule has 86 valence electrons. The zero-order chi connectivity index (χ0) is 11.5. The van der Waals surface area contributed by atoms with E-state index in [2.05, 4.69) is 25.3 Å². The lowest BCUT2D eigenvalue weighted by molar-refractivity contribution is 0.271. The first-order chi connectivity index (χ1) is 7.72. The predicted molar refractivity (Wildman–Crippen MR) is 68.5 cm³/mol. The number of thioether (sulfide) groups is 1. The first-order valence-electron chi connectivity index (χ1n) is 4.55. The van der Waals surface area contributed by atoms with Gasteiger partial charge in [-0.1, -0.05) is 11.8 Å². The van der Waals surface area contributed by atoms with Crippen molar-refractivity contribution in [3.8, 4) is 0 Å². The minimum atomic E-state index is 0.0221. The van der Waals surface area contributed by atoms with Crippen LogP contribution in [0.15, 0.2) is 22.0 Å². The fourth-order valence-electron chi connectivity index (χ4n) is 1.18. The molecule has 0 saturated carbocycles. The van der Waals surface area contributed by atoms with Crippen molar-refractivity contribution < 1.29 is 5.11 Å². The summed E-state index contributed by atoms with van der Waals surface area (Å²) in [6.45, 7) is 0.0221. The Morgan fingerprint density at radius 1 is 1.56 bits per heavy atom. The zero-order valence-electron chi connectivity index (χ0n) is 8.55. The maximum atomic E-state index is 9.04. The number of hydrogen-bond acceptors (Lipinski definition) is 5. The van der Waals surface area contributed by atoms with Crippen molar-refractivity contribution >= 4 is 39.2 Å². The first-order valence-corrected chi connectivity index (χ1v) is 7.11. The van der Waals surface area contributed by atoms with Crippen LogP contribution < -0.4 is 0 Å². The molecule has 16 heavy (non-hydrogen) atoms. The lowest BCUT2D eigenvalue weighted by atomic mass is 10.5. The van der Waals surface area contributed by atoms with E-state index >= 15 is 0 Å². The van der Waals surface area contributed by atoms with E-state index in [9.17, 15) is 0 Å². The first kappa shape index (κ1) is 12.1. The molecule has 0 aromatic carbocycles. The van der Waals surface area contributed by atoms with E-state index in [-0.39, 0.29) is 6.61 Å².